The molecule has 0 radical (unpaired) electrons. The van der Waals surface area contributed by atoms with Gasteiger partial charge in [-0.15, -0.1) is 0 Å². The van der Waals surface area contributed by atoms with Gasteiger partial charge in [0.1, 0.15) is 5.60 Å². The van der Waals surface area contributed by atoms with E-state index in [-0.39, 0.29) is 18.2 Å². The average molecular weight is 305 g/mol. The SMILES string of the molecule is CCC(CC(=O)c1cc(C)ccc1C)NC(=O)OC(C)(C)C. The fourth-order valence-electron chi connectivity index (χ4n) is 2.14. The first-order chi connectivity index (χ1) is 10.1. The summed E-state index contributed by atoms with van der Waals surface area (Å²) in [5.41, 5.74) is 2.20. The van der Waals surface area contributed by atoms with Gasteiger partial charge < -0.3 is 10.1 Å². The molecule has 0 aliphatic rings. The zero-order chi connectivity index (χ0) is 16.9. The van der Waals surface area contributed by atoms with Crippen LogP contribution in [-0.4, -0.2) is 23.5 Å². The highest BCUT2D eigenvalue weighted by Crippen LogP contribution is 2.15. The molecule has 0 aliphatic heterocycles. The molecule has 0 heterocycles. The fraction of sp³-hybridized carbons (Fsp3) is 0.556. The number of rotatable bonds is 5. The van der Waals surface area contributed by atoms with Crippen LogP contribution < -0.4 is 5.32 Å². The molecule has 0 saturated carbocycles. The predicted molar refractivity (Wildman–Crippen MR) is 88.3 cm³/mol. The summed E-state index contributed by atoms with van der Waals surface area (Å²) in [5.74, 6) is 0.0455. The molecule has 0 bridgehead atoms. The van der Waals surface area contributed by atoms with E-state index in [0.717, 1.165) is 16.7 Å². The standard InChI is InChI=1S/C18H27NO3/c1-7-14(19-17(21)22-18(4,5)6)11-16(20)15-10-12(2)8-9-13(15)3/h8-10,14H,7,11H2,1-6H3,(H,19,21). The number of alkyl carbamates (subject to hydrolysis) is 1. The minimum atomic E-state index is -0.542. The number of benzene rings is 1. The van der Waals surface area contributed by atoms with E-state index >= 15 is 0 Å². The molecule has 22 heavy (non-hydrogen) atoms. The van der Waals surface area contributed by atoms with Crippen LogP contribution >= 0.6 is 0 Å². The molecule has 1 aromatic rings. The van der Waals surface area contributed by atoms with Crippen molar-refractivity contribution in [2.24, 2.45) is 0 Å². The van der Waals surface area contributed by atoms with Crippen molar-refractivity contribution in [2.75, 3.05) is 0 Å². The quantitative estimate of drug-likeness (QED) is 0.830. The van der Waals surface area contributed by atoms with Gasteiger partial charge in [-0.05, 0) is 52.7 Å². The summed E-state index contributed by atoms with van der Waals surface area (Å²) in [5, 5.41) is 2.78. The summed E-state index contributed by atoms with van der Waals surface area (Å²) in [6.45, 7) is 11.3. The van der Waals surface area contributed by atoms with Gasteiger partial charge in [0, 0.05) is 18.0 Å². The van der Waals surface area contributed by atoms with Gasteiger partial charge in [0.05, 0.1) is 0 Å². The third kappa shape index (κ3) is 5.88. The molecule has 4 nitrogen and oxygen atoms in total. The molecule has 1 N–H and O–H groups in total. The minimum absolute atomic E-state index is 0.0455. The maximum absolute atomic E-state index is 12.5. The van der Waals surface area contributed by atoms with Crippen LogP contribution in [0.4, 0.5) is 4.79 Å². The zero-order valence-electron chi connectivity index (χ0n) is 14.4. The molecular formula is C18H27NO3. The Balaban J connectivity index is 2.71. The maximum atomic E-state index is 12.5. The Morgan fingerprint density at radius 3 is 2.41 bits per heavy atom. The Labute approximate surface area is 133 Å². The molecule has 4 heteroatoms. The highest BCUT2D eigenvalue weighted by molar-refractivity contribution is 5.98. The first kappa shape index (κ1) is 18.2. The fourth-order valence-corrected chi connectivity index (χ4v) is 2.14. The molecule has 0 saturated heterocycles. The molecule has 1 amide bonds. The smallest absolute Gasteiger partial charge is 0.407 e. The topological polar surface area (TPSA) is 55.4 Å². The van der Waals surface area contributed by atoms with Gasteiger partial charge in [0.25, 0.3) is 0 Å². The van der Waals surface area contributed by atoms with E-state index in [2.05, 4.69) is 5.32 Å². The molecule has 0 aromatic heterocycles. The molecule has 0 spiro atoms. The number of amides is 1. The van der Waals surface area contributed by atoms with Gasteiger partial charge in [0.2, 0.25) is 0 Å². The lowest BCUT2D eigenvalue weighted by Gasteiger charge is -2.23. The second kappa shape index (κ2) is 7.43. The molecule has 1 rings (SSSR count). The van der Waals surface area contributed by atoms with E-state index in [1.54, 1.807) is 0 Å². The molecule has 122 valence electrons. The van der Waals surface area contributed by atoms with Crippen molar-refractivity contribution in [2.45, 2.75) is 66.0 Å². The lowest BCUT2D eigenvalue weighted by molar-refractivity contribution is 0.0500. The number of Topliss-reactive ketones (excluding diaryl/α,β-unsaturated/α-hetero) is 1. The Hall–Kier alpha value is -1.84. The van der Waals surface area contributed by atoms with E-state index in [1.807, 2.05) is 59.7 Å². The molecule has 1 unspecified atom stereocenters. The van der Waals surface area contributed by atoms with Crippen molar-refractivity contribution in [3.05, 3.63) is 34.9 Å². The van der Waals surface area contributed by atoms with Crippen LogP contribution in [0.3, 0.4) is 0 Å². The summed E-state index contributed by atoms with van der Waals surface area (Å²) < 4.78 is 5.24. The zero-order valence-corrected chi connectivity index (χ0v) is 14.4. The van der Waals surface area contributed by atoms with Crippen LogP contribution in [0.5, 0.6) is 0 Å². The second-order valence-corrected chi connectivity index (χ2v) is 6.70. The van der Waals surface area contributed by atoms with Gasteiger partial charge >= 0.3 is 6.09 Å². The van der Waals surface area contributed by atoms with Crippen LogP contribution in [0.25, 0.3) is 0 Å². The van der Waals surface area contributed by atoms with Crippen molar-refractivity contribution >= 4 is 11.9 Å². The Bertz CT molecular complexity index is 544. The minimum Gasteiger partial charge on any atom is -0.444 e. The largest absolute Gasteiger partial charge is 0.444 e. The predicted octanol–water partition coefficient (Wildman–Crippen LogP) is 4.18. The van der Waals surface area contributed by atoms with E-state index in [1.165, 1.54) is 0 Å². The maximum Gasteiger partial charge on any atom is 0.407 e. The summed E-state index contributed by atoms with van der Waals surface area (Å²) in [6, 6.07) is 5.62. The number of hydrogen-bond donors (Lipinski definition) is 1. The summed E-state index contributed by atoms with van der Waals surface area (Å²) >= 11 is 0. The highest BCUT2D eigenvalue weighted by atomic mass is 16.6. The Morgan fingerprint density at radius 2 is 1.86 bits per heavy atom. The van der Waals surface area contributed by atoms with Crippen molar-refractivity contribution in [1.82, 2.24) is 5.32 Å². The highest BCUT2D eigenvalue weighted by Gasteiger charge is 2.21. The van der Waals surface area contributed by atoms with Crippen LogP contribution in [0.15, 0.2) is 18.2 Å². The summed E-state index contributed by atoms with van der Waals surface area (Å²) in [7, 11) is 0. The van der Waals surface area contributed by atoms with Crippen LogP contribution in [-0.2, 0) is 4.74 Å². The van der Waals surface area contributed by atoms with Crippen LogP contribution in [0, 0.1) is 13.8 Å². The van der Waals surface area contributed by atoms with E-state index < -0.39 is 11.7 Å². The molecule has 0 aliphatic carbocycles. The van der Waals surface area contributed by atoms with Crippen molar-refractivity contribution in [3.8, 4) is 0 Å². The monoisotopic (exact) mass is 305 g/mol. The normalized spacial score (nSPS) is 12.6. The first-order valence-corrected chi connectivity index (χ1v) is 7.72. The molecule has 0 fully saturated rings. The number of carbonyl (C=O) groups is 2. The lowest BCUT2D eigenvalue weighted by Crippen LogP contribution is -2.40. The van der Waals surface area contributed by atoms with Gasteiger partial charge in [-0.25, -0.2) is 4.79 Å². The number of ether oxygens (including phenoxy) is 1. The molecule has 1 atom stereocenters. The van der Waals surface area contributed by atoms with E-state index in [0.29, 0.717) is 6.42 Å². The van der Waals surface area contributed by atoms with Gasteiger partial charge in [-0.3, -0.25) is 4.79 Å². The van der Waals surface area contributed by atoms with Gasteiger partial charge in [0.15, 0.2) is 5.78 Å². The summed E-state index contributed by atoms with van der Waals surface area (Å²) in [6.07, 6.45) is 0.476. The van der Waals surface area contributed by atoms with Crippen molar-refractivity contribution in [3.63, 3.8) is 0 Å². The third-order valence-electron chi connectivity index (χ3n) is 3.34. The van der Waals surface area contributed by atoms with Crippen molar-refractivity contribution < 1.29 is 14.3 Å². The Morgan fingerprint density at radius 1 is 1.23 bits per heavy atom. The summed E-state index contributed by atoms with van der Waals surface area (Å²) in [4.78, 5) is 24.3. The third-order valence-corrected chi connectivity index (χ3v) is 3.34. The Kier molecular flexibility index (Phi) is 6.15. The lowest BCUT2D eigenvalue weighted by atomic mass is 9.97. The van der Waals surface area contributed by atoms with Crippen molar-refractivity contribution in [1.29, 1.82) is 0 Å². The first-order valence-electron chi connectivity index (χ1n) is 7.72. The second-order valence-electron chi connectivity index (χ2n) is 6.70. The number of carbonyl (C=O) groups excluding carboxylic acids is 2. The number of aryl methyl sites for hydroxylation is 2. The average Bonchev–Trinajstić information content (AvgIpc) is 2.38. The van der Waals surface area contributed by atoms with Gasteiger partial charge in [-0.1, -0.05) is 24.6 Å². The number of ketones is 1. The van der Waals surface area contributed by atoms with E-state index in [9.17, 15) is 9.59 Å². The van der Waals surface area contributed by atoms with Crippen LogP contribution in [0.2, 0.25) is 0 Å². The molecule has 1 aromatic carbocycles. The van der Waals surface area contributed by atoms with Gasteiger partial charge in [-0.2, -0.15) is 0 Å². The van der Waals surface area contributed by atoms with Crippen LogP contribution in [0.1, 0.15) is 62.0 Å². The molecular weight excluding hydrogens is 278 g/mol. The number of hydrogen-bond acceptors (Lipinski definition) is 3. The number of nitrogens with one attached hydrogen (secondary N) is 1. The van der Waals surface area contributed by atoms with E-state index in [4.69, 9.17) is 4.74 Å².